The van der Waals surface area contributed by atoms with Crippen LogP contribution in [0.2, 0.25) is 0 Å². The van der Waals surface area contributed by atoms with Crippen molar-refractivity contribution in [3.8, 4) is 0 Å². The van der Waals surface area contributed by atoms with Crippen LogP contribution in [0, 0.1) is 23.7 Å². The number of rotatable bonds is 13. The van der Waals surface area contributed by atoms with E-state index in [-0.39, 0.29) is 72.0 Å². The van der Waals surface area contributed by atoms with Crippen LogP contribution in [0.25, 0.3) is 27.4 Å². The van der Waals surface area contributed by atoms with Crippen LogP contribution in [0.1, 0.15) is 103 Å². The van der Waals surface area contributed by atoms with Crippen molar-refractivity contribution in [3.63, 3.8) is 0 Å². The summed E-state index contributed by atoms with van der Waals surface area (Å²) in [5, 5.41) is 11.6. The Balaban J connectivity index is 1.00. The van der Waals surface area contributed by atoms with Crippen LogP contribution in [0.5, 0.6) is 0 Å². The van der Waals surface area contributed by atoms with Crippen LogP contribution in [0.4, 0.5) is 0 Å². The van der Waals surface area contributed by atoms with E-state index >= 15 is 0 Å². The van der Waals surface area contributed by atoms with E-state index < -0.39 is 12.5 Å². The monoisotopic (exact) mass is 722 g/mol. The summed E-state index contributed by atoms with van der Waals surface area (Å²) in [5.41, 5.74) is 7.47. The highest BCUT2D eigenvalue weighted by Crippen LogP contribution is 2.37. The van der Waals surface area contributed by atoms with Crippen molar-refractivity contribution in [2.24, 2.45) is 33.7 Å². The molecule has 2 fully saturated rings. The number of fused-ring (bicyclic) bond motifs is 2. The zero-order valence-corrected chi connectivity index (χ0v) is 31.8. The van der Waals surface area contributed by atoms with Crippen molar-refractivity contribution in [1.29, 1.82) is 0 Å². The third-order valence-corrected chi connectivity index (χ3v) is 12.1. The predicted octanol–water partition coefficient (Wildman–Crippen LogP) is 6.22. The Labute approximate surface area is 311 Å². The molecule has 3 aromatic rings. The zero-order valence-electron chi connectivity index (χ0n) is 31.8. The summed E-state index contributed by atoms with van der Waals surface area (Å²) in [6.07, 6.45) is 7.43. The van der Waals surface area contributed by atoms with Gasteiger partial charge in [-0.15, -0.1) is 0 Å². The number of aromatic amines is 2. The highest BCUT2D eigenvalue weighted by molar-refractivity contribution is 6.05. The molecule has 1 aromatic carbocycles. The van der Waals surface area contributed by atoms with E-state index in [0.29, 0.717) is 26.1 Å². The van der Waals surface area contributed by atoms with E-state index in [9.17, 15) is 24.3 Å². The quantitative estimate of drug-likeness (QED) is 0.191. The SMILES string of the molecule is CC(=O)C[C@H](C(=O)N1CCCC1C1=NC=C(c2cc3cc4cc(C5CN=C(C6CCCN6C(=O)C(CC(=O)CO)C(C)C)C5)[nH]c4cc3[nH]2)C1)C(C)C. The minimum absolute atomic E-state index is 0.00296. The smallest absolute Gasteiger partial charge is 0.226 e. The second-order valence-electron chi connectivity index (χ2n) is 16.5. The van der Waals surface area contributed by atoms with Gasteiger partial charge in [0.2, 0.25) is 11.8 Å². The van der Waals surface area contributed by atoms with E-state index in [1.54, 1.807) is 6.92 Å². The summed E-state index contributed by atoms with van der Waals surface area (Å²) in [5.74, 6) is -0.562. The van der Waals surface area contributed by atoms with Gasteiger partial charge in [0, 0.05) is 107 Å². The highest BCUT2D eigenvalue weighted by atomic mass is 16.3. The Morgan fingerprint density at radius 3 is 2.09 bits per heavy atom. The number of hydrogen-bond acceptors (Lipinski definition) is 7. The number of amides is 2. The minimum atomic E-state index is -0.531. The number of aliphatic hydroxyl groups excluding tert-OH is 1. The first-order valence-corrected chi connectivity index (χ1v) is 19.6. The van der Waals surface area contributed by atoms with Gasteiger partial charge in [0.1, 0.15) is 12.4 Å². The maximum Gasteiger partial charge on any atom is 0.226 e. The number of Topliss-reactive ketones (excluding diaryl/α,β-unsaturated/α-hetero) is 2. The van der Waals surface area contributed by atoms with Gasteiger partial charge in [-0.1, -0.05) is 27.7 Å². The molecule has 7 rings (SSSR count). The number of nitrogens with one attached hydrogen (secondary N) is 2. The number of ketones is 2. The molecular weight excluding hydrogens is 668 g/mol. The molecule has 0 saturated carbocycles. The average molecular weight is 723 g/mol. The second kappa shape index (κ2) is 15.2. The molecule has 11 heteroatoms. The number of benzene rings is 1. The van der Waals surface area contributed by atoms with Gasteiger partial charge in [0.05, 0.1) is 12.1 Å². The van der Waals surface area contributed by atoms with Gasteiger partial charge in [0.15, 0.2) is 5.78 Å². The van der Waals surface area contributed by atoms with Crippen molar-refractivity contribution in [2.75, 3.05) is 26.2 Å². The van der Waals surface area contributed by atoms with Gasteiger partial charge in [0.25, 0.3) is 0 Å². The maximum atomic E-state index is 13.7. The van der Waals surface area contributed by atoms with Crippen molar-refractivity contribution in [1.82, 2.24) is 19.8 Å². The number of aliphatic imine (C=N–C) groups is 2. The summed E-state index contributed by atoms with van der Waals surface area (Å²) < 4.78 is 0. The molecule has 2 aromatic heterocycles. The number of nitrogens with zero attached hydrogens (tertiary/aromatic N) is 4. The van der Waals surface area contributed by atoms with Gasteiger partial charge in [-0.2, -0.15) is 0 Å². The van der Waals surface area contributed by atoms with Gasteiger partial charge in [-0.3, -0.25) is 24.4 Å². The number of allylic oxidation sites excluding steroid dienone is 1. The van der Waals surface area contributed by atoms with Gasteiger partial charge >= 0.3 is 0 Å². The third-order valence-electron chi connectivity index (χ3n) is 12.1. The summed E-state index contributed by atoms with van der Waals surface area (Å²) >= 11 is 0. The number of H-pyrrole nitrogens is 2. The van der Waals surface area contributed by atoms with Gasteiger partial charge in [-0.25, -0.2) is 0 Å². The molecule has 53 heavy (non-hydrogen) atoms. The van der Waals surface area contributed by atoms with Gasteiger partial charge in [-0.05, 0) is 80.7 Å². The first kappa shape index (κ1) is 37.0. The molecule has 2 saturated heterocycles. The number of aromatic nitrogens is 2. The number of hydrogen-bond donors (Lipinski definition) is 3. The van der Waals surface area contributed by atoms with E-state index in [4.69, 9.17) is 9.98 Å². The molecule has 3 N–H and O–H groups in total. The van der Waals surface area contributed by atoms with Crippen molar-refractivity contribution < 1.29 is 24.3 Å². The molecule has 282 valence electrons. The lowest BCUT2D eigenvalue weighted by Gasteiger charge is -2.30. The second-order valence-corrected chi connectivity index (χ2v) is 16.5. The lowest BCUT2D eigenvalue weighted by Crippen LogP contribution is -2.45. The standard InChI is InChI=1S/C42H54N6O5/c1-23(2)31(12-25(5)50)41(52)47-10-6-8-39(47)37-16-28(20-43-37)33-14-26-13-27-15-34(46-36(27)19-35(26)45-33)29-17-38(44-21-29)40-9-7-11-48(40)42(53)32(24(3)4)18-30(51)22-49/h13-15,19-20,23-24,29,31-32,39-40,45-46,49H,6-12,16-18,21-22H2,1-5H3/t29?,31-,32?,39?,40?/m0/s1. The zero-order chi connectivity index (χ0) is 37.6. The maximum absolute atomic E-state index is 13.7. The molecule has 0 aliphatic carbocycles. The van der Waals surface area contributed by atoms with E-state index in [2.05, 4.69) is 34.2 Å². The summed E-state index contributed by atoms with van der Waals surface area (Å²) in [6, 6.07) is 8.74. The topological polar surface area (TPSA) is 151 Å². The minimum Gasteiger partial charge on any atom is -0.389 e. The summed E-state index contributed by atoms with van der Waals surface area (Å²) in [7, 11) is 0. The van der Waals surface area contributed by atoms with Crippen LogP contribution in [-0.2, 0) is 19.2 Å². The number of aliphatic hydroxyl groups is 1. The Kier molecular flexibility index (Phi) is 10.6. The normalized spacial score (nSPS) is 23.0. The number of carbonyl (C=O) groups is 4. The van der Waals surface area contributed by atoms with E-state index in [1.807, 2.05) is 43.7 Å². The molecule has 0 radical (unpaired) electrons. The number of carbonyl (C=O) groups excluding carboxylic acids is 4. The largest absolute Gasteiger partial charge is 0.389 e. The molecule has 6 heterocycles. The summed E-state index contributed by atoms with van der Waals surface area (Å²) in [4.78, 5) is 72.3. The number of likely N-dealkylation sites (tertiary alicyclic amines) is 2. The lowest BCUT2D eigenvalue weighted by atomic mass is 9.88. The first-order valence-electron chi connectivity index (χ1n) is 19.6. The highest BCUT2D eigenvalue weighted by Gasteiger charge is 2.40. The molecule has 11 nitrogen and oxygen atoms in total. The Morgan fingerprint density at radius 2 is 1.45 bits per heavy atom. The Hall–Kier alpha value is -4.38. The average Bonchev–Trinajstić information content (AvgIpc) is 3.96. The summed E-state index contributed by atoms with van der Waals surface area (Å²) in [6.45, 7) is 11.1. The third kappa shape index (κ3) is 7.41. The molecule has 0 bridgehead atoms. The molecule has 4 aliphatic heterocycles. The van der Waals surface area contributed by atoms with Gasteiger partial charge < -0.3 is 29.7 Å². The van der Waals surface area contributed by atoms with E-state index in [1.165, 1.54) is 0 Å². The van der Waals surface area contributed by atoms with Crippen LogP contribution >= 0.6 is 0 Å². The van der Waals surface area contributed by atoms with Crippen molar-refractivity contribution >= 4 is 62.2 Å². The fraction of sp³-hybridized carbons (Fsp3) is 0.571. The van der Waals surface area contributed by atoms with Crippen molar-refractivity contribution in [3.05, 3.63) is 41.9 Å². The van der Waals surface area contributed by atoms with Crippen molar-refractivity contribution in [2.45, 2.75) is 104 Å². The van der Waals surface area contributed by atoms with Crippen LogP contribution in [0.3, 0.4) is 0 Å². The van der Waals surface area contributed by atoms with Crippen LogP contribution in [0.15, 0.2) is 40.5 Å². The fourth-order valence-electron chi connectivity index (χ4n) is 9.07. The van der Waals surface area contributed by atoms with Crippen LogP contribution in [-0.4, -0.2) is 98.0 Å². The van der Waals surface area contributed by atoms with E-state index in [0.717, 1.165) is 82.3 Å². The molecule has 0 spiro atoms. The lowest BCUT2D eigenvalue weighted by molar-refractivity contribution is -0.140. The predicted molar refractivity (Wildman–Crippen MR) is 208 cm³/mol. The molecule has 4 unspecified atom stereocenters. The molecule has 2 amide bonds. The fourth-order valence-corrected chi connectivity index (χ4v) is 9.07. The first-order chi connectivity index (χ1) is 25.4. The molecule has 4 aliphatic rings. The molecule has 5 atom stereocenters. The molecular formula is C42H54N6O5. The Morgan fingerprint density at radius 1 is 0.830 bits per heavy atom. The Bertz CT molecular complexity index is 1960. The van der Waals surface area contributed by atoms with Crippen LogP contribution < -0.4 is 0 Å².